The van der Waals surface area contributed by atoms with Crippen molar-refractivity contribution in [2.24, 2.45) is 35.3 Å². The van der Waals surface area contributed by atoms with Gasteiger partial charge in [0.2, 0.25) is 0 Å². The number of rotatable bonds is 8. The molecule has 0 spiro atoms. The van der Waals surface area contributed by atoms with Crippen LogP contribution in [0.25, 0.3) is 0 Å². The Morgan fingerprint density at radius 1 is 1.05 bits per heavy atom. The molecular weight excluding hydrogens is 256 g/mol. The lowest BCUT2D eigenvalue weighted by molar-refractivity contribution is 0.0542. The zero-order valence-electron chi connectivity index (χ0n) is 15.1. The summed E-state index contributed by atoms with van der Waals surface area (Å²) in [6.07, 6.45) is 8.47. The molecule has 21 heavy (non-hydrogen) atoms. The molecule has 2 fully saturated rings. The van der Waals surface area contributed by atoms with Gasteiger partial charge in [-0.15, -0.1) is 0 Å². The third kappa shape index (κ3) is 4.01. The van der Waals surface area contributed by atoms with Gasteiger partial charge in [0.25, 0.3) is 0 Å². The van der Waals surface area contributed by atoms with Crippen LogP contribution in [0.2, 0.25) is 0 Å². The molecule has 3 unspecified atom stereocenters. The molecule has 0 aromatic carbocycles. The Morgan fingerprint density at radius 3 is 2.05 bits per heavy atom. The highest BCUT2D eigenvalue weighted by Gasteiger charge is 2.42. The van der Waals surface area contributed by atoms with Crippen LogP contribution in [0, 0.1) is 29.6 Å². The summed E-state index contributed by atoms with van der Waals surface area (Å²) >= 11 is 0. The molecule has 2 N–H and O–H groups in total. The molecular formula is C19H38N2. The maximum atomic E-state index is 6.31. The highest BCUT2D eigenvalue weighted by molar-refractivity contribution is 4.96. The van der Waals surface area contributed by atoms with E-state index < -0.39 is 0 Å². The van der Waals surface area contributed by atoms with Crippen LogP contribution in [0.15, 0.2) is 0 Å². The normalized spacial score (nSPS) is 29.3. The van der Waals surface area contributed by atoms with Crippen LogP contribution in [0.4, 0.5) is 0 Å². The summed E-state index contributed by atoms with van der Waals surface area (Å²) in [5, 5.41) is 0. The molecule has 0 aromatic rings. The Hall–Kier alpha value is -0.0800. The lowest BCUT2D eigenvalue weighted by atomic mass is 9.79. The maximum absolute atomic E-state index is 6.31. The van der Waals surface area contributed by atoms with Gasteiger partial charge in [0.1, 0.15) is 0 Å². The minimum absolute atomic E-state index is 0.212. The smallest absolute Gasteiger partial charge is 0.0333 e. The number of nitrogens with two attached hydrogens (primary N) is 1. The van der Waals surface area contributed by atoms with Crippen LogP contribution in [-0.2, 0) is 0 Å². The van der Waals surface area contributed by atoms with Gasteiger partial charge in [0, 0.05) is 18.6 Å². The predicted molar refractivity (Wildman–Crippen MR) is 92.3 cm³/mol. The lowest BCUT2D eigenvalue weighted by Gasteiger charge is -2.45. The molecule has 2 nitrogen and oxygen atoms in total. The largest absolute Gasteiger partial charge is 0.329 e. The molecule has 124 valence electrons. The highest BCUT2D eigenvalue weighted by Crippen LogP contribution is 2.49. The molecule has 0 heterocycles. The van der Waals surface area contributed by atoms with Gasteiger partial charge in [0.15, 0.2) is 0 Å². The van der Waals surface area contributed by atoms with Crippen molar-refractivity contribution in [1.82, 2.24) is 4.90 Å². The quantitative estimate of drug-likeness (QED) is 0.729. The van der Waals surface area contributed by atoms with Gasteiger partial charge in [-0.05, 0) is 68.7 Å². The van der Waals surface area contributed by atoms with Crippen LogP contribution in [0.3, 0.4) is 0 Å². The molecule has 2 heteroatoms. The first-order valence-electron chi connectivity index (χ1n) is 9.27. The van der Waals surface area contributed by atoms with Gasteiger partial charge in [-0.2, -0.15) is 0 Å². The van der Waals surface area contributed by atoms with Crippen molar-refractivity contribution in [1.29, 1.82) is 0 Å². The predicted octanol–water partition coefficient (Wildman–Crippen LogP) is 4.14. The second-order valence-electron chi connectivity index (χ2n) is 8.94. The van der Waals surface area contributed by atoms with Gasteiger partial charge in [-0.3, -0.25) is 4.90 Å². The first-order valence-corrected chi connectivity index (χ1v) is 9.27. The van der Waals surface area contributed by atoms with Gasteiger partial charge >= 0.3 is 0 Å². The summed E-state index contributed by atoms with van der Waals surface area (Å²) in [7, 11) is 2.35. The van der Waals surface area contributed by atoms with Gasteiger partial charge in [0.05, 0.1) is 0 Å². The summed E-state index contributed by atoms with van der Waals surface area (Å²) in [5.74, 6) is 4.45. The molecule has 3 atom stereocenters. The van der Waals surface area contributed by atoms with E-state index in [4.69, 9.17) is 5.73 Å². The monoisotopic (exact) mass is 294 g/mol. The van der Waals surface area contributed by atoms with Crippen molar-refractivity contribution < 1.29 is 0 Å². The Bertz CT molecular complexity index is 314. The zero-order chi connectivity index (χ0) is 15.6. The van der Waals surface area contributed by atoms with Crippen molar-refractivity contribution in [2.75, 3.05) is 20.1 Å². The van der Waals surface area contributed by atoms with Crippen LogP contribution in [0.5, 0.6) is 0 Å². The molecule has 2 aliphatic carbocycles. The van der Waals surface area contributed by atoms with E-state index in [-0.39, 0.29) is 5.54 Å². The van der Waals surface area contributed by atoms with Crippen molar-refractivity contribution in [3.63, 3.8) is 0 Å². The van der Waals surface area contributed by atoms with E-state index in [1.165, 1.54) is 45.1 Å². The van der Waals surface area contributed by atoms with Gasteiger partial charge in [-0.25, -0.2) is 0 Å². The van der Waals surface area contributed by atoms with Crippen molar-refractivity contribution >= 4 is 0 Å². The minimum atomic E-state index is 0.212. The van der Waals surface area contributed by atoms with Crippen LogP contribution < -0.4 is 5.73 Å². The molecule has 2 aliphatic rings. The molecule has 0 saturated heterocycles. The van der Waals surface area contributed by atoms with E-state index in [1.807, 2.05) is 0 Å². The SMILES string of the molecule is CC(C)CC(CN)(CC(C)C)N(C)CC1CC2CCC1C2. The summed E-state index contributed by atoms with van der Waals surface area (Å²) in [5.41, 5.74) is 6.53. The fourth-order valence-electron chi connectivity index (χ4n) is 5.38. The third-order valence-corrected chi connectivity index (χ3v) is 6.16. The Morgan fingerprint density at radius 2 is 1.67 bits per heavy atom. The molecule has 0 aromatic heterocycles. The third-order valence-electron chi connectivity index (χ3n) is 6.16. The number of fused-ring (bicyclic) bond motifs is 2. The van der Waals surface area contributed by atoms with E-state index in [0.717, 1.165) is 36.1 Å². The summed E-state index contributed by atoms with van der Waals surface area (Å²) in [6, 6.07) is 0. The van der Waals surface area contributed by atoms with Crippen molar-refractivity contribution in [3.8, 4) is 0 Å². The van der Waals surface area contributed by atoms with E-state index >= 15 is 0 Å². The fourth-order valence-corrected chi connectivity index (χ4v) is 5.38. The molecule has 0 aliphatic heterocycles. The van der Waals surface area contributed by atoms with Crippen LogP contribution >= 0.6 is 0 Å². The molecule has 0 amide bonds. The highest BCUT2D eigenvalue weighted by atomic mass is 15.2. The number of likely N-dealkylation sites (N-methyl/N-ethyl adjacent to an activating group) is 1. The summed E-state index contributed by atoms with van der Waals surface area (Å²) in [4.78, 5) is 2.67. The first kappa shape index (κ1) is 17.3. The number of hydrogen-bond donors (Lipinski definition) is 1. The second-order valence-corrected chi connectivity index (χ2v) is 8.94. The molecule has 2 saturated carbocycles. The molecule has 2 rings (SSSR count). The van der Waals surface area contributed by atoms with Crippen LogP contribution in [-0.4, -0.2) is 30.6 Å². The lowest BCUT2D eigenvalue weighted by Crippen LogP contribution is -2.55. The summed E-state index contributed by atoms with van der Waals surface area (Å²) in [6.45, 7) is 11.5. The standard InChI is InChI=1S/C19H38N2/c1-14(2)10-19(13-20,11-15(3)4)21(5)12-18-9-16-6-7-17(18)8-16/h14-18H,6-13,20H2,1-5H3. The van der Waals surface area contributed by atoms with Gasteiger partial charge < -0.3 is 5.73 Å². The second kappa shape index (κ2) is 7.00. The van der Waals surface area contributed by atoms with E-state index in [2.05, 4.69) is 39.6 Å². The minimum Gasteiger partial charge on any atom is -0.329 e. The first-order chi connectivity index (χ1) is 9.86. The van der Waals surface area contributed by atoms with E-state index in [9.17, 15) is 0 Å². The summed E-state index contributed by atoms with van der Waals surface area (Å²) < 4.78 is 0. The average Bonchev–Trinajstić information content (AvgIpc) is 2.98. The average molecular weight is 295 g/mol. The van der Waals surface area contributed by atoms with Crippen LogP contribution in [0.1, 0.15) is 66.2 Å². The Labute approximate surface area is 132 Å². The molecule has 2 bridgehead atoms. The van der Waals surface area contributed by atoms with Crippen molar-refractivity contribution in [2.45, 2.75) is 71.8 Å². The molecule has 0 radical (unpaired) electrons. The topological polar surface area (TPSA) is 29.3 Å². The maximum Gasteiger partial charge on any atom is 0.0333 e. The van der Waals surface area contributed by atoms with E-state index in [1.54, 1.807) is 0 Å². The van der Waals surface area contributed by atoms with E-state index in [0.29, 0.717) is 0 Å². The Kier molecular flexibility index (Phi) is 5.76. The fraction of sp³-hybridized carbons (Fsp3) is 1.00. The zero-order valence-corrected chi connectivity index (χ0v) is 15.1. The number of nitrogens with zero attached hydrogens (tertiary/aromatic N) is 1. The van der Waals surface area contributed by atoms with Gasteiger partial charge in [-0.1, -0.05) is 34.1 Å². The van der Waals surface area contributed by atoms with Crippen molar-refractivity contribution in [3.05, 3.63) is 0 Å². The Balaban J connectivity index is 2.03. The number of hydrogen-bond acceptors (Lipinski definition) is 2.